The fraction of sp³-hybridized carbons (Fsp3) is 0.286. The lowest BCUT2D eigenvalue weighted by Gasteiger charge is -2.10. The Morgan fingerprint density at radius 1 is 1.13 bits per heavy atom. The zero-order chi connectivity index (χ0) is 21.8. The molecule has 1 amide bonds. The molecule has 0 saturated carbocycles. The van der Waals surface area contributed by atoms with Crippen LogP contribution in [0.2, 0.25) is 5.02 Å². The first-order valence-electron chi connectivity index (χ1n) is 9.15. The van der Waals surface area contributed by atoms with Crippen molar-refractivity contribution in [1.82, 2.24) is 4.57 Å². The van der Waals surface area contributed by atoms with E-state index in [1.165, 1.54) is 25.6 Å². The third-order valence-corrected chi connectivity index (χ3v) is 5.91. The molecule has 30 heavy (non-hydrogen) atoms. The normalized spacial score (nSPS) is 11.6. The van der Waals surface area contributed by atoms with Crippen LogP contribution in [0.1, 0.15) is 22.8 Å². The highest BCUT2D eigenvalue weighted by atomic mass is 35.5. The second-order valence-electron chi connectivity index (χ2n) is 6.25. The fourth-order valence-electron chi connectivity index (χ4n) is 3.09. The van der Waals surface area contributed by atoms with Gasteiger partial charge in [0.25, 0.3) is 5.91 Å². The lowest BCUT2D eigenvalue weighted by Crippen LogP contribution is -2.23. The SMILES string of the molecule is CCOC(=O)Cn1c(=NC(=O)c2c(OC)cccc2OC)sc2ccc(Cl)c(C)c21. The van der Waals surface area contributed by atoms with Gasteiger partial charge in [-0.3, -0.25) is 9.59 Å². The van der Waals surface area contributed by atoms with Crippen LogP contribution in [-0.4, -0.2) is 37.3 Å². The molecule has 0 radical (unpaired) electrons. The maximum Gasteiger partial charge on any atom is 0.326 e. The smallest absolute Gasteiger partial charge is 0.326 e. The maximum absolute atomic E-state index is 13.1. The van der Waals surface area contributed by atoms with Gasteiger partial charge in [0.1, 0.15) is 23.6 Å². The van der Waals surface area contributed by atoms with Gasteiger partial charge in [-0.2, -0.15) is 4.99 Å². The average molecular weight is 449 g/mol. The van der Waals surface area contributed by atoms with Crippen LogP contribution in [0.15, 0.2) is 35.3 Å². The zero-order valence-electron chi connectivity index (χ0n) is 17.0. The molecule has 7 nitrogen and oxygen atoms in total. The molecule has 3 aromatic rings. The van der Waals surface area contributed by atoms with E-state index >= 15 is 0 Å². The first kappa shape index (κ1) is 21.9. The van der Waals surface area contributed by atoms with E-state index in [-0.39, 0.29) is 18.7 Å². The second-order valence-corrected chi connectivity index (χ2v) is 7.67. The van der Waals surface area contributed by atoms with E-state index in [1.807, 2.05) is 13.0 Å². The number of benzene rings is 2. The summed E-state index contributed by atoms with van der Waals surface area (Å²) in [4.78, 5) is 30.0. The molecule has 0 spiro atoms. The number of aromatic nitrogens is 1. The highest BCUT2D eigenvalue weighted by Gasteiger charge is 2.20. The number of esters is 1. The molecule has 0 saturated heterocycles. The second kappa shape index (κ2) is 9.32. The molecule has 0 aliphatic rings. The van der Waals surface area contributed by atoms with Gasteiger partial charge in [-0.05, 0) is 43.7 Å². The van der Waals surface area contributed by atoms with Gasteiger partial charge in [0, 0.05) is 5.02 Å². The molecule has 0 bridgehead atoms. The van der Waals surface area contributed by atoms with Gasteiger partial charge in [-0.15, -0.1) is 0 Å². The van der Waals surface area contributed by atoms with Gasteiger partial charge in [-0.25, -0.2) is 0 Å². The largest absolute Gasteiger partial charge is 0.496 e. The maximum atomic E-state index is 13.1. The molecular formula is C21H21ClN2O5S. The predicted molar refractivity (Wildman–Crippen MR) is 116 cm³/mol. The Hall–Kier alpha value is -2.84. The number of fused-ring (bicyclic) bond motifs is 1. The van der Waals surface area contributed by atoms with Crippen molar-refractivity contribution in [3.63, 3.8) is 0 Å². The number of thiazole rings is 1. The zero-order valence-corrected chi connectivity index (χ0v) is 18.6. The summed E-state index contributed by atoms with van der Waals surface area (Å²) in [5, 5.41) is 0.558. The quantitative estimate of drug-likeness (QED) is 0.533. The van der Waals surface area contributed by atoms with Crippen LogP contribution < -0.4 is 14.3 Å². The number of nitrogens with zero attached hydrogens (tertiary/aromatic N) is 2. The average Bonchev–Trinajstić information content (AvgIpc) is 3.07. The van der Waals surface area contributed by atoms with Crippen LogP contribution in [0, 0.1) is 6.92 Å². The third kappa shape index (κ3) is 4.20. The Balaban J connectivity index is 2.23. The van der Waals surface area contributed by atoms with Crippen LogP contribution in [0.5, 0.6) is 11.5 Å². The number of ether oxygens (including phenoxy) is 3. The number of carbonyl (C=O) groups is 2. The molecule has 1 aromatic heterocycles. The monoisotopic (exact) mass is 448 g/mol. The molecule has 0 N–H and O–H groups in total. The summed E-state index contributed by atoms with van der Waals surface area (Å²) >= 11 is 7.58. The predicted octanol–water partition coefficient (Wildman–Crippen LogP) is 3.99. The summed E-state index contributed by atoms with van der Waals surface area (Å²) in [7, 11) is 2.94. The Labute approximate surface area is 182 Å². The highest BCUT2D eigenvalue weighted by Crippen LogP contribution is 2.30. The Kier molecular flexibility index (Phi) is 6.79. The van der Waals surface area contributed by atoms with E-state index in [0.29, 0.717) is 21.3 Å². The summed E-state index contributed by atoms with van der Waals surface area (Å²) in [5.74, 6) is -0.279. The third-order valence-electron chi connectivity index (χ3n) is 4.46. The van der Waals surface area contributed by atoms with E-state index in [9.17, 15) is 9.59 Å². The molecule has 0 unspecified atom stereocenters. The summed E-state index contributed by atoms with van der Waals surface area (Å²) in [6, 6.07) is 8.66. The topological polar surface area (TPSA) is 79.1 Å². The van der Waals surface area contributed by atoms with Crippen molar-refractivity contribution in [2.75, 3.05) is 20.8 Å². The number of hydrogen-bond donors (Lipinski definition) is 0. The fourth-order valence-corrected chi connectivity index (χ4v) is 4.33. The van der Waals surface area contributed by atoms with E-state index in [4.69, 9.17) is 25.8 Å². The van der Waals surface area contributed by atoms with Crippen LogP contribution >= 0.6 is 22.9 Å². The molecule has 0 aliphatic heterocycles. The molecule has 0 atom stereocenters. The minimum Gasteiger partial charge on any atom is -0.496 e. The molecular weight excluding hydrogens is 428 g/mol. The molecule has 0 aliphatic carbocycles. The Morgan fingerprint density at radius 3 is 2.40 bits per heavy atom. The molecule has 158 valence electrons. The number of methoxy groups -OCH3 is 2. The van der Waals surface area contributed by atoms with Crippen molar-refractivity contribution in [2.45, 2.75) is 20.4 Å². The van der Waals surface area contributed by atoms with Gasteiger partial charge in [0.05, 0.1) is 31.0 Å². The number of rotatable bonds is 6. The molecule has 9 heteroatoms. The Morgan fingerprint density at radius 2 is 1.80 bits per heavy atom. The van der Waals surface area contributed by atoms with Crippen LogP contribution in [0.4, 0.5) is 0 Å². The van der Waals surface area contributed by atoms with Crippen LogP contribution in [0.3, 0.4) is 0 Å². The summed E-state index contributed by atoms with van der Waals surface area (Å²) < 4.78 is 18.2. The Bertz CT molecular complexity index is 1160. The van der Waals surface area contributed by atoms with Crippen molar-refractivity contribution in [2.24, 2.45) is 4.99 Å². The van der Waals surface area contributed by atoms with E-state index in [2.05, 4.69) is 4.99 Å². The van der Waals surface area contributed by atoms with Gasteiger partial charge in [0.15, 0.2) is 4.80 Å². The van der Waals surface area contributed by atoms with E-state index < -0.39 is 11.9 Å². The number of aryl methyl sites for hydroxylation is 1. The number of carbonyl (C=O) groups excluding carboxylic acids is 2. The molecule has 3 rings (SSSR count). The van der Waals surface area contributed by atoms with Gasteiger partial charge < -0.3 is 18.8 Å². The van der Waals surface area contributed by atoms with Crippen molar-refractivity contribution in [1.29, 1.82) is 0 Å². The molecule has 2 aromatic carbocycles. The number of amides is 1. The van der Waals surface area contributed by atoms with Crippen LogP contribution in [0.25, 0.3) is 10.2 Å². The lowest BCUT2D eigenvalue weighted by atomic mass is 10.1. The van der Waals surface area contributed by atoms with Crippen molar-refractivity contribution in [3.8, 4) is 11.5 Å². The minimum absolute atomic E-state index is 0.0931. The van der Waals surface area contributed by atoms with Gasteiger partial charge >= 0.3 is 5.97 Å². The summed E-state index contributed by atoms with van der Waals surface area (Å²) in [6.07, 6.45) is 0. The van der Waals surface area contributed by atoms with Crippen molar-refractivity contribution in [3.05, 3.63) is 51.3 Å². The summed E-state index contributed by atoms with van der Waals surface area (Å²) in [5.41, 5.74) is 1.73. The van der Waals surface area contributed by atoms with Crippen LogP contribution in [-0.2, 0) is 16.1 Å². The standard InChI is InChI=1S/C21H21ClN2O5S/c1-5-29-17(25)11-24-19-12(2)13(22)9-10-16(19)30-21(24)23-20(26)18-14(27-3)7-6-8-15(18)28-4/h6-10H,5,11H2,1-4H3. The molecule has 0 fully saturated rings. The molecule has 1 heterocycles. The van der Waals surface area contributed by atoms with Crippen molar-refractivity contribution < 1.29 is 23.8 Å². The lowest BCUT2D eigenvalue weighted by molar-refractivity contribution is -0.143. The highest BCUT2D eigenvalue weighted by molar-refractivity contribution is 7.16. The van der Waals surface area contributed by atoms with E-state index in [0.717, 1.165) is 15.8 Å². The number of halogens is 1. The number of hydrogen-bond acceptors (Lipinski definition) is 6. The van der Waals surface area contributed by atoms with E-state index in [1.54, 1.807) is 35.8 Å². The first-order chi connectivity index (χ1) is 14.4. The van der Waals surface area contributed by atoms with Gasteiger partial charge in [0.2, 0.25) is 0 Å². The minimum atomic E-state index is -0.544. The van der Waals surface area contributed by atoms with Gasteiger partial charge in [-0.1, -0.05) is 29.0 Å². The summed E-state index contributed by atoms with van der Waals surface area (Å²) in [6.45, 7) is 3.75. The first-order valence-corrected chi connectivity index (χ1v) is 10.3. The van der Waals surface area contributed by atoms with Crippen molar-refractivity contribution >= 4 is 45.0 Å².